The number of carbonyl (C=O) groups is 1. The number of benzene rings is 3. The molecular weight excluding hydrogens is 410 g/mol. The van der Waals surface area contributed by atoms with Gasteiger partial charge in [0.1, 0.15) is 11.6 Å². The summed E-state index contributed by atoms with van der Waals surface area (Å²) in [5, 5.41) is 0. The van der Waals surface area contributed by atoms with E-state index in [1.54, 1.807) is 0 Å². The van der Waals surface area contributed by atoms with Gasteiger partial charge < -0.3 is 14.2 Å². The van der Waals surface area contributed by atoms with Crippen LogP contribution >= 0.6 is 0 Å². The number of amides is 1. The monoisotopic (exact) mass is 437 g/mol. The minimum Gasteiger partial charge on any atom is -0.494 e. The van der Waals surface area contributed by atoms with Crippen LogP contribution in [0.5, 0.6) is 5.75 Å². The second-order valence-electron chi connectivity index (χ2n) is 8.21. The first-order chi connectivity index (χ1) is 16.2. The molecule has 1 amide bonds. The molecule has 5 heteroatoms. The van der Waals surface area contributed by atoms with Gasteiger partial charge in [0.05, 0.1) is 17.6 Å². The Hall–Kier alpha value is -3.86. The zero-order chi connectivity index (χ0) is 22.6. The lowest BCUT2D eigenvalue weighted by atomic mass is 10.1. The first-order valence-corrected chi connectivity index (χ1v) is 11.4. The lowest BCUT2D eigenvalue weighted by molar-refractivity contribution is -0.117. The molecule has 0 bridgehead atoms. The molecule has 2 heterocycles. The normalized spacial score (nSPS) is 16.2. The van der Waals surface area contributed by atoms with Crippen LogP contribution in [0, 0.1) is 0 Å². The molecule has 4 aromatic rings. The number of imidazole rings is 1. The topological polar surface area (TPSA) is 47.4 Å². The minimum atomic E-state index is 0.0431. The Bertz CT molecular complexity index is 1280. The van der Waals surface area contributed by atoms with Crippen molar-refractivity contribution in [2.24, 2.45) is 0 Å². The van der Waals surface area contributed by atoms with Crippen molar-refractivity contribution in [3.05, 3.63) is 96.3 Å². The van der Waals surface area contributed by atoms with E-state index in [1.807, 2.05) is 72.5 Å². The fourth-order valence-electron chi connectivity index (χ4n) is 4.48. The molecule has 0 radical (unpaired) electrons. The average molecular weight is 438 g/mol. The summed E-state index contributed by atoms with van der Waals surface area (Å²) in [4.78, 5) is 19.8. The van der Waals surface area contributed by atoms with Gasteiger partial charge >= 0.3 is 0 Å². The van der Waals surface area contributed by atoms with E-state index < -0.39 is 0 Å². The molecule has 3 aromatic carbocycles. The summed E-state index contributed by atoms with van der Waals surface area (Å²) in [5.41, 5.74) is 4.13. The summed E-state index contributed by atoms with van der Waals surface area (Å²) < 4.78 is 7.78. The first-order valence-electron chi connectivity index (χ1n) is 11.4. The maximum Gasteiger partial charge on any atom is 0.227 e. The number of hydrogen-bond acceptors (Lipinski definition) is 3. The van der Waals surface area contributed by atoms with Gasteiger partial charge in [-0.3, -0.25) is 4.79 Å². The molecule has 33 heavy (non-hydrogen) atoms. The van der Waals surface area contributed by atoms with E-state index in [9.17, 15) is 4.79 Å². The molecule has 166 valence electrons. The van der Waals surface area contributed by atoms with Gasteiger partial charge in [-0.2, -0.15) is 0 Å². The van der Waals surface area contributed by atoms with Crippen molar-refractivity contribution < 1.29 is 9.53 Å². The summed E-state index contributed by atoms with van der Waals surface area (Å²) >= 11 is 0. The van der Waals surface area contributed by atoms with Crippen LogP contribution in [-0.2, 0) is 11.3 Å². The summed E-state index contributed by atoms with van der Waals surface area (Å²) in [6, 6.07) is 26.2. The molecule has 1 atom stereocenters. The fourth-order valence-corrected chi connectivity index (χ4v) is 4.48. The number of para-hydroxylation sites is 2. The van der Waals surface area contributed by atoms with Gasteiger partial charge in [0, 0.05) is 31.1 Å². The van der Waals surface area contributed by atoms with Crippen LogP contribution in [0.4, 0.5) is 5.69 Å². The van der Waals surface area contributed by atoms with E-state index in [1.165, 1.54) is 5.56 Å². The molecule has 1 aliphatic rings. The zero-order valence-corrected chi connectivity index (χ0v) is 18.7. The second kappa shape index (κ2) is 9.33. The van der Waals surface area contributed by atoms with Crippen molar-refractivity contribution >= 4 is 28.7 Å². The van der Waals surface area contributed by atoms with E-state index in [0.717, 1.165) is 28.3 Å². The van der Waals surface area contributed by atoms with E-state index >= 15 is 0 Å². The van der Waals surface area contributed by atoms with Crippen molar-refractivity contribution in [1.82, 2.24) is 9.55 Å². The Morgan fingerprint density at radius 2 is 1.76 bits per heavy atom. The number of rotatable bonds is 7. The number of aromatic nitrogens is 2. The van der Waals surface area contributed by atoms with Gasteiger partial charge in [0.25, 0.3) is 0 Å². The molecule has 0 saturated carbocycles. The zero-order valence-electron chi connectivity index (χ0n) is 18.7. The Labute approximate surface area is 193 Å². The van der Waals surface area contributed by atoms with Gasteiger partial charge in [-0.25, -0.2) is 4.98 Å². The van der Waals surface area contributed by atoms with Crippen LogP contribution in [0.1, 0.15) is 30.7 Å². The van der Waals surface area contributed by atoms with Crippen LogP contribution < -0.4 is 9.64 Å². The molecule has 1 aromatic heterocycles. The first kappa shape index (κ1) is 21.0. The second-order valence-corrected chi connectivity index (χ2v) is 8.21. The maximum absolute atomic E-state index is 12.9. The molecule has 0 N–H and O–H groups in total. The van der Waals surface area contributed by atoms with Crippen LogP contribution in [0.3, 0.4) is 0 Å². The lowest BCUT2D eigenvalue weighted by Crippen LogP contribution is -2.24. The van der Waals surface area contributed by atoms with Gasteiger partial charge in [0.2, 0.25) is 5.91 Å². The van der Waals surface area contributed by atoms with Crippen molar-refractivity contribution in [3.63, 3.8) is 0 Å². The minimum absolute atomic E-state index is 0.0431. The van der Waals surface area contributed by atoms with Crippen LogP contribution in [-0.4, -0.2) is 28.6 Å². The molecule has 5 rings (SSSR count). The summed E-state index contributed by atoms with van der Waals surface area (Å²) in [6.07, 6.45) is 4.75. The van der Waals surface area contributed by atoms with Crippen molar-refractivity contribution in [1.29, 1.82) is 0 Å². The Kier molecular flexibility index (Phi) is 5.94. The third kappa shape index (κ3) is 4.40. The fraction of sp³-hybridized carbons (Fsp3) is 0.214. The van der Waals surface area contributed by atoms with Gasteiger partial charge in [-0.05, 0) is 48.9 Å². The average Bonchev–Trinajstić information content (AvgIpc) is 3.41. The number of carbonyl (C=O) groups excluding carboxylic acids is 1. The van der Waals surface area contributed by atoms with Gasteiger partial charge in [0.15, 0.2) is 0 Å². The number of ether oxygens (including phenoxy) is 1. The van der Waals surface area contributed by atoms with Crippen molar-refractivity contribution in [2.75, 3.05) is 18.1 Å². The quantitative estimate of drug-likeness (QED) is 0.374. The highest BCUT2D eigenvalue weighted by Crippen LogP contribution is 2.34. The predicted octanol–water partition coefficient (Wildman–Crippen LogP) is 5.67. The molecule has 0 aliphatic carbocycles. The Balaban J connectivity index is 1.41. The molecule has 5 nitrogen and oxygen atoms in total. The number of fused-ring (bicyclic) bond motifs is 1. The van der Waals surface area contributed by atoms with Gasteiger partial charge in [-0.1, -0.05) is 54.6 Å². The summed E-state index contributed by atoms with van der Waals surface area (Å²) in [5.74, 6) is 1.95. The third-order valence-corrected chi connectivity index (χ3v) is 6.03. The molecule has 1 aliphatic heterocycles. The van der Waals surface area contributed by atoms with E-state index in [4.69, 9.17) is 9.72 Å². The van der Waals surface area contributed by atoms with Crippen LogP contribution in [0.15, 0.2) is 84.9 Å². The smallest absolute Gasteiger partial charge is 0.227 e. The van der Waals surface area contributed by atoms with Crippen LogP contribution in [0.2, 0.25) is 0 Å². The third-order valence-electron chi connectivity index (χ3n) is 6.03. The number of nitrogens with zero attached hydrogens (tertiary/aromatic N) is 3. The highest BCUT2D eigenvalue weighted by molar-refractivity contribution is 5.96. The SMILES string of the molecule is CCOc1ccc(N2CC(c3nc4ccccc4n3CC=Cc3ccccc3)CC2=O)cc1. The van der Waals surface area contributed by atoms with Crippen molar-refractivity contribution in [2.45, 2.75) is 25.8 Å². The highest BCUT2D eigenvalue weighted by Gasteiger charge is 2.34. The maximum atomic E-state index is 12.9. The van der Waals surface area contributed by atoms with E-state index in [2.05, 4.69) is 34.9 Å². The molecule has 1 fully saturated rings. The Morgan fingerprint density at radius 1 is 1.00 bits per heavy atom. The number of hydrogen-bond donors (Lipinski definition) is 0. The standard InChI is InChI=1S/C28H27N3O2/c1-2-33-24-16-14-23(15-17-24)31-20-22(19-27(31)32)28-29-25-12-6-7-13-26(25)30(28)18-8-11-21-9-4-3-5-10-21/h3-17,22H,2,18-20H2,1H3. The highest BCUT2D eigenvalue weighted by atomic mass is 16.5. The Morgan fingerprint density at radius 3 is 2.55 bits per heavy atom. The van der Waals surface area contributed by atoms with Crippen molar-refractivity contribution in [3.8, 4) is 5.75 Å². The van der Waals surface area contributed by atoms with Gasteiger partial charge in [-0.15, -0.1) is 0 Å². The molecule has 0 spiro atoms. The number of allylic oxidation sites excluding steroid dienone is 1. The van der Waals surface area contributed by atoms with Crippen LogP contribution in [0.25, 0.3) is 17.1 Å². The van der Waals surface area contributed by atoms with E-state index in [0.29, 0.717) is 26.1 Å². The molecule has 1 unspecified atom stereocenters. The summed E-state index contributed by atoms with van der Waals surface area (Å²) in [7, 11) is 0. The largest absolute Gasteiger partial charge is 0.494 e. The lowest BCUT2D eigenvalue weighted by Gasteiger charge is -2.17. The molecule has 1 saturated heterocycles. The summed E-state index contributed by atoms with van der Waals surface area (Å²) in [6.45, 7) is 3.92. The molecular formula is C28H27N3O2. The predicted molar refractivity (Wildman–Crippen MR) is 133 cm³/mol. The van der Waals surface area contributed by atoms with E-state index in [-0.39, 0.29) is 11.8 Å². The number of anilines is 1.